The third-order valence-corrected chi connectivity index (χ3v) is 5.87. The topological polar surface area (TPSA) is 101 Å². The maximum absolute atomic E-state index is 12.3. The molecule has 0 fully saturated rings. The molecule has 0 atom stereocenters. The Morgan fingerprint density at radius 1 is 1.14 bits per heavy atom. The molecule has 0 unspecified atom stereocenters. The average molecular weight is 425 g/mol. The van der Waals surface area contributed by atoms with Crippen LogP contribution in [0.25, 0.3) is 5.65 Å². The van der Waals surface area contributed by atoms with E-state index in [1.807, 2.05) is 37.3 Å². The number of anilines is 2. The first kappa shape index (κ1) is 19.1. The lowest BCUT2D eigenvalue weighted by Gasteiger charge is -2.04. The number of pyridine rings is 1. The van der Waals surface area contributed by atoms with E-state index in [1.54, 1.807) is 18.3 Å². The molecule has 2 amide bonds. The summed E-state index contributed by atoms with van der Waals surface area (Å²) in [7, 11) is 0. The molecule has 0 saturated heterocycles. The van der Waals surface area contributed by atoms with Crippen LogP contribution in [0.2, 0.25) is 0 Å². The number of urea groups is 1. The summed E-state index contributed by atoms with van der Waals surface area (Å²) in [6.07, 6.45) is 1.77. The van der Waals surface area contributed by atoms with Gasteiger partial charge in [0.2, 0.25) is 5.13 Å². The minimum Gasteiger partial charge on any atom is -0.308 e. The summed E-state index contributed by atoms with van der Waals surface area (Å²) >= 11 is 2.67. The number of carbonyl (C=O) groups is 1. The van der Waals surface area contributed by atoms with Crippen LogP contribution in [-0.4, -0.2) is 25.6 Å². The van der Waals surface area contributed by atoms with Crippen LogP contribution in [0.1, 0.15) is 11.3 Å². The number of amides is 2. The zero-order chi connectivity index (χ0) is 20.2. The summed E-state index contributed by atoms with van der Waals surface area (Å²) in [6, 6.07) is 14.0. The summed E-state index contributed by atoms with van der Waals surface area (Å²) in [5.74, 6) is 0.477. The van der Waals surface area contributed by atoms with E-state index in [4.69, 9.17) is 0 Å². The molecule has 2 N–H and O–H groups in total. The quantitative estimate of drug-likeness (QED) is 0.373. The molecular weight excluding hydrogens is 408 g/mol. The number of hydrogen-bond donors (Lipinski definition) is 2. The fourth-order valence-corrected chi connectivity index (χ4v) is 4.21. The molecule has 4 rings (SSSR count). The van der Waals surface area contributed by atoms with Gasteiger partial charge in [0.05, 0.1) is 5.69 Å². The number of para-hydroxylation sites is 1. The van der Waals surface area contributed by atoms with Crippen molar-refractivity contribution in [3.63, 3.8) is 0 Å². The van der Waals surface area contributed by atoms with Gasteiger partial charge in [0.25, 0.3) is 5.56 Å². The summed E-state index contributed by atoms with van der Waals surface area (Å²) in [4.78, 5) is 28.8. The molecule has 0 aliphatic rings. The number of thioether (sulfide) groups is 1. The SMILES string of the molecule is Cc1ccc2nc(CSc3nnc(NC(=O)Nc4ccccc4)s3)cc(=O)n2c1. The van der Waals surface area contributed by atoms with Crippen LogP contribution in [-0.2, 0) is 5.75 Å². The van der Waals surface area contributed by atoms with Gasteiger partial charge in [-0.2, -0.15) is 0 Å². The van der Waals surface area contributed by atoms with Gasteiger partial charge in [-0.1, -0.05) is 47.4 Å². The number of hydrogen-bond acceptors (Lipinski definition) is 7. The molecule has 0 saturated carbocycles. The molecule has 3 heterocycles. The van der Waals surface area contributed by atoms with Gasteiger partial charge in [0.15, 0.2) is 4.34 Å². The fourth-order valence-electron chi connectivity index (χ4n) is 2.57. The van der Waals surface area contributed by atoms with Crippen LogP contribution in [0.15, 0.2) is 63.9 Å². The molecule has 0 aliphatic carbocycles. The van der Waals surface area contributed by atoms with E-state index in [9.17, 15) is 9.59 Å². The molecule has 0 bridgehead atoms. The molecule has 29 heavy (non-hydrogen) atoms. The Balaban J connectivity index is 1.38. The molecule has 4 aromatic rings. The molecular formula is C19H16N6O2S2. The van der Waals surface area contributed by atoms with E-state index in [0.29, 0.717) is 32.3 Å². The molecule has 10 heteroatoms. The minimum atomic E-state index is -0.386. The van der Waals surface area contributed by atoms with Crippen molar-refractivity contribution in [2.45, 2.75) is 17.0 Å². The van der Waals surface area contributed by atoms with E-state index in [-0.39, 0.29) is 11.6 Å². The van der Waals surface area contributed by atoms with E-state index >= 15 is 0 Å². The second-order valence-electron chi connectivity index (χ2n) is 6.13. The van der Waals surface area contributed by atoms with Crippen LogP contribution in [0.3, 0.4) is 0 Å². The Morgan fingerprint density at radius 3 is 2.79 bits per heavy atom. The summed E-state index contributed by atoms with van der Waals surface area (Å²) in [5.41, 5.74) is 2.83. The molecule has 0 spiro atoms. The van der Waals surface area contributed by atoms with Crippen molar-refractivity contribution in [1.29, 1.82) is 0 Å². The number of carbonyl (C=O) groups excluding carboxylic acids is 1. The highest BCUT2D eigenvalue weighted by Crippen LogP contribution is 2.27. The smallest absolute Gasteiger partial charge is 0.308 e. The van der Waals surface area contributed by atoms with E-state index in [2.05, 4.69) is 25.8 Å². The second kappa shape index (κ2) is 8.41. The molecule has 1 aromatic carbocycles. The third-order valence-electron chi connectivity index (χ3n) is 3.86. The lowest BCUT2D eigenvalue weighted by atomic mass is 10.3. The highest BCUT2D eigenvalue weighted by molar-refractivity contribution is 8.00. The molecule has 146 valence electrons. The van der Waals surface area contributed by atoms with Gasteiger partial charge in [-0.25, -0.2) is 9.78 Å². The van der Waals surface area contributed by atoms with Crippen LogP contribution < -0.4 is 16.2 Å². The average Bonchev–Trinajstić information content (AvgIpc) is 3.15. The van der Waals surface area contributed by atoms with Crippen molar-refractivity contribution in [3.8, 4) is 0 Å². The second-order valence-corrected chi connectivity index (χ2v) is 8.33. The highest BCUT2D eigenvalue weighted by atomic mass is 32.2. The van der Waals surface area contributed by atoms with Crippen molar-refractivity contribution >= 4 is 45.6 Å². The number of benzene rings is 1. The summed E-state index contributed by atoms with van der Waals surface area (Å²) in [6.45, 7) is 1.93. The summed E-state index contributed by atoms with van der Waals surface area (Å²) in [5, 5.41) is 13.8. The fraction of sp³-hybridized carbons (Fsp3) is 0.105. The Hall–Kier alpha value is -3.24. The summed E-state index contributed by atoms with van der Waals surface area (Å²) < 4.78 is 2.20. The number of aryl methyl sites for hydroxylation is 1. The maximum Gasteiger partial charge on any atom is 0.325 e. The number of aromatic nitrogens is 4. The largest absolute Gasteiger partial charge is 0.325 e. The number of nitrogens with zero attached hydrogens (tertiary/aromatic N) is 4. The Bertz CT molecular complexity index is 1220. The first-order chi connectivity index (χ1) is 14.1. The zero-order valence-corrected chi connectivity index (χ0v) is 17.0. The van der Waals surface area contributed by atoms with Crippen LogP contribution >= 0.6 is 23.1 Å². The van der Waals surface area contributed by atoms with Crippen molar-refractivity contribution in [1.82, 2.24) is 19.6 Å². The van der Waals surface area contributed by atoms with Gasteiger partial charge in [0.1, 0.15) is 5.65 Å². The van der Waals surface area contributed by atoms with Crippen molar-refractivity contribution < 1.29 is 4.79 Å². The van der Waals surface area contributed by atoms with Gasteiger partial charge in [-0.05, 0) is 30.7 Å². The number of fused-ring (bicyclic) bond motifs is 1. The Labute approximate surface area is 174 Å². The maximum atomic E-state index is 12.3. The monoisotopic (exact) mass is 424 g/mol. The minimum absolute atomic E-state index is 0.119. The highest BCUT2D eigenvalue weighted by Gasteiger charge is 2.10. The standard InChI is InChI=1S/C19H16N6O2S2/c1-12-7-8-15-20-14(9-16(26)25(15)10-12)11-28-19-24-23-18(29-19)22-17(27)21-13-5-3-2-4-6-13/h2-10H,11H2,1H3,(H2,21,22,23,27). The van der Waals surface area contributed by atoms with Gasteiger partial charge in [-0.15, -0.1) is 10.2 Å². The predicted molar refractivity (Wildman–Crippen MR) is 115 cm³/mol. The zero-order valence-electron chi connectivity index (χ0n) is 15.3. The number of nitrogens with one attached hydrogen (secondary N) is 2. The predicted octanol–water partition coefficient (Wildman–Crippen LogP) is 3.79. The molecule has 3 aromatic heterocycles. The third kappa shape index (κ3) is 4.79. The van der Waals surface area contributed by atoms with E-state index < -0.39 is 0 Å². The van der Waals surface area contributed by atoms with Gasteiger partial charge in [0, 0.05) is 23.7 Å². The van der Waals surface area contributed by atoms with Crippen LogP contribution in [0, 0.1) is 6.92 Å². The number of rotatable bonds is 5. The van der Waals surface area contributed by atoms with Crippen LogP contribution in [0.5, 0.6) is 0 Å². The van der Waals surface area contributed by atoms with Gasteiger partial charge < -0.3 is 5.32 Å². The molecule has 0 radical (unpaired) electrons. The molecule has 0 aliphatic heterocycles. The van der Waals surface area contributed by atoms with E-state index in [0.717, 1.165) is 5.56 Å². The first-order valence-corrected chi connectivity index (χ1v) is 10.5. The van der Waals surface area contributed by atoms with Crippen molar-refractivity contribution in [3.05, 3.63) is 76.3 Å². The normalized spacial score (nSPS) is 10.8. The van der Waals surface area contributed by atoms with Gasteiger partial charge >= 0.3 is 6.03 Å². The van der Waals surface area contributed by atoms with Crippen molar-refractivity contribution in [2.24, 2.45) is 0 Å². The Morgan fingerprint density at radius 2 is 1.97 bits per heavy atom. The van der Waals surface area contributed by atoms with Gasteiger partial charge in [-0.3, -0.25) is 14.5 Å². The van der Waals surface area contributed by atoms with E-state index in [1.165, 1.54) is 33.6 Å². The lowest BCUT2D eigenvalue weighted by molar-refractivity contribution is 0.262. The lowest BCUT2D eigenvalue weighted by Crippen LogP contribution is -2.19. The Kier molecular flexibility index (Phi) is 5.54. The molecule has 8 nitrogen and oxygen atoms in total. The van der Waals surface area contributed by atoms with Crippen LogP contribution in [0.4, 0.5) is 15.6 Å². The van der Waals surface area contributed by atoms with Crippen molar-refractivity contribution in [2.75, 3.05) is 10.6 Å². The first-order valence-electron chi connectivity index (χ1n) is 8.65.